The average molecular weight is 459 g/mol. The Bertz CT molecular complexity index is 1390. The first-order valence-corrected chi connectivity index (χ1v) is 10.8. The molecule has 5 nitrogen and oxygen atoms in total. The molecule has 0 spiro atoms. The second-order valence-electron chi connectivity index (χ2n) is 8.35. The standard InChI is InChI=1S/C26H20F3N5/c27-26(28,29)19-7-5-18(6-8-19)24-25(17-3-1-16(14-30)2-4-17)33-23-13-21(9-10-22(23)32-24)34-12-11-20(31)15-34/h1-10,13,20H,11-12,15,31H2/t20-/m0/s1. The number of aromatic nitrogens is 2. The predicted octanol–water partition coefficient (Wildman–Crippen LogP) is 5.39. The van der Waals surface area contributed by atoms with E-state index in [4.69, 9.17) is 21.0 Å². The van der Waals surface area contributed by atoms with E-state index in [1.807, 2.05) is 18.2 Å². The Balaban J connectivity index is 1.65. The van der Waals surface area contributed by atoms with E-state index in [2.05, 4.69) is 11.0 Å². The fourth-order valence-electron chi connectivity index (χ4n) is 4.18. The van der Waals surface area contributed by atoms with Crippen LogP contribution in [0.4, 0.5) is 18.9 Å². The Hall–Kier alpha value is -3.96. The first kappa shape index (κ1) is 21.9. The summed E-state index contributed by atoms with van der Waals surface area (Å²) in [5, 5.41) is 9.13. The molecule has 0 amide bonds. The summed E-state index contributed by atoms with van der Waals surface area (Å²) in [6.07, 6.45) is -3.49. The van der Waals surface area contributed by atoms with E-state index in [9.17, 15) is 13.2 Å². The van der Waals surface area contributed by atoms with Crippen LogP contribution < -0.4 is 10.6 Å². The quantitative estimate of drug-likeness (QED) is 0.444. The third-order valence-electron chi connectivity index (χ3n) is 6.01. The van der Waals surface area contributed by atoms with Crippen molar-refractivity contribution in [2.24, 2.45) is 5.73 Å². The number of rotatable bonds is 3. The summed E-state index contributed by atoms with van der Waals surface area (Å²) in [5.41, 5.74) is 10.4. The van der Waals surface area contributed by atoms with E-state index in [1.54, 1.807) is 24.3 Å². The van der Waals surface area contributed by atoms with Gasteiger partial charge in [-0.2, -0.15) is 18.4 Å². The number of nitrogens with two attached hydrogens (primary N) is 1. The molecule has 0 radical (unpaired) electrons. The number of halogens is 3. The highest BCUT2D eigenvalue weighted by Crippen LogP contribution is 2.35. The van der Waals surface area contributed by atoms with Crippen molar-refractivity contribution in [3.8, 4) is 28.6 Å². The highest BCUT2D eigenvalue weighted by atomic mass is 19.4. The molecule has 1 aliphatic rings. The van der Waals surface area contributed by atoms with Crippen LogP contribution in [0.2, 0.25) is 0 Å². The number of alkyl halides is 3. The van der Waals surface area contributed by atoms with Crippen LogP contribution in [0.25, 0.3) is 33.5 Å². The van der Waals surface area contributed by atoms with Gasteiger partial charge in [0, 0.05) is 35.9 Å². The lowest BCUT2D eigenvalue weighted by molar-refractivity contribution is -0.137. The zero-order chi connectivity index (χ0) is 23.9. The third kappa shape index (κ3) is 4.18. The highest BCUT2D eigenvalue weighted by molar-refractivity contribution is 5.88. The summed E-state index contributed by atoms with van der Waals surface area (Å²) in [6, 6.07) is 19.8. The molecule has 170 valence electrons. The zero-order valence-corrected chi connectivity index (χ0v) is 18.0. The SMILES string of the molecule is N#Cc1ccc(-c2nc3cc(N4CC[C@H](N)C4)ccc3nc2-c2ccc(C(F)(F)F)cc2)cc1. The smallest absolute Gasteiger partial charge is 0.370 e. The van der Waals surface area contributed by atoms with Gasteiger partial charge in [-0.25, -0.2) is 9.97 Å². The van der Waals surface area contributed by atoms with Gasteiger partial charge in [-0.15, -0.1) is 0 Å². The summed E-state index contributed by atoms with van der Waals surface area (Å²) in [6.45, 7) is 1.64. The van der Waals surface area contributed by atoms with Crippen molar-refractivity contribution in [2.75, 3.05) is 18.0 Å². The van der Waals surface area contributed by atoms with E-state index in [0.717, 1.165) is 42.9 Å². The Labute approximate surface area is 194 Å². The van der Waals surface area contributed by atoms with Crippen LogP contribution in [-0.2, 0) is 6.18 Å². The van der Waals surface area contributed by atoms with Crippen molar-refractivity contribution >= 4 is 16.7 Å². The second kappa shape index (κ2) is 8.43. The van der Waals surface area contributed by atoms with Gasteiger partial charge in [0.2, 0.25) is 0 Å². The van der Waals surface area contributed by atoms with Gasteiger partial charge in [0.05, 0.1) is 39.6 Å². The molecule has 0 saturated carbocycles. The van der Waals surface area contributed by atoms with Crippen LogP contribution >= 0.6 is 0 Å². The van der Waals surface area contributed by atoms with Crippen molar-refractivity contribution in [1.82, 2.24) is 9.97 Å². The minimum absolute atomic E-state index is 0.137. The van der Waals surface area contributed by atoms with E-state index < -0.39 is 11.7 Å². The van der Waals surface area contributed by atoms with E-state index in [0.29, 0.717) is 33.5 Å². The van der Waals surface area contributed by atoms with Gasteiger partial charge in [-0.3, -0.25) is 0 Å². The minimum Gasteiger partial charge on any atom is -0.370 e. The number of nitriles is 1. The van der Waals surface area contributed by atoms with Crippen LogP contribution in [0.1, 0.15) is 17.5 Å². The maximum atomic E-state index is 13.1. The molecule has 0 bridgehead atoms. The molecular weight excluding hydrogens is 439 g/mol. The van der Waals surface area contributed by atoms with Gasteiger partial charge in [0.15, 0.2) is 0 Å². The number of hydrogen-bond donors (Lipinski definition) is 1. The Kier molecular flexibility index (Phi) is 5.42. The predicted molar refractivity (Wildman–Crippen MR) is 125 cm³/mol. The topological polar surface area (TPSA) is 78.8 Å². The summed E-state index contributed by atoms with van der Waals surface area (Å²) in [5.74, 6) is 0. The second-order valence-corrected chi connectivity index (χ2v) is 8.35. The molecule has 0 aliphatic carbocycles. The van der Waals surface area contributed by atoms with Crippen LogP contribution in [0.5, 0.6) is 0 Å². The highest BCUT2D eigenvalue weighted by Gasteiger charge is 2.30. The van der Waals surface area contributed by atoms with Crippen LogP contribution in [0.15, 0.2) is 66.7 Å². The van der Waals surface area contributed by atoms with E-state index in [-0.39, 0.29) is 6.04 Å². The van der Waals surface area contributed by atoms with E-state index >= 15 is 0 Å². The van der Waals surface area contributed by atoms with Gasteiger partial charge in [0.25, 0.3) is 0 Å². The molecule has 4 aromatic rings. The van der Waals surface area contributed by atoms with E-state index in [1.165, 1.54) is 12.1 Å². The van der Waals surface area contributed by atoms with Crippen LogP contribution in [0.3, 0.4) is 0 Å². The number of fused-ring (bicyclic) bond motifs is 1. The molecule has 1 fully saturated rings. The van der Waals surface area contributed by atoms with Crippen molar-refractivity contribution in [3.63, 3.8) is 0 Å². The molecule has 1 aliphatic heterocycles. The summed E-state index contributed by atoms with van der Waals surface area (Å²) in [7, 11) is 0. The van der Waals surface area contributed by atoms with Crippen LogP contribution in [0, 0.1) is 11.3 Å². The number of benzene rings is 3. The summed E-state index contributed by atoms with van der Waals surface area (Å²) >= 11 is 0. The molecule has 2 heterocycles. The fourth-order valence-corrected chi connectivity index (χ4v) is 4.18. The number of nitrogens with zero attached hydrogens (tertiary/aromatic N) is 4. The molecule has 5 rings (SSSR count). The Morgan fingerprint density at radius 1 is 0.882 bits per heavy atom. The van der Waals surface area contributed by atoms with Crippen molar-refractivity contribution in [1.29, 1.82) is 5.26 Å². The molecule has 1 atom stereocenters. The molecule has 34 heavy (non-hydrogen) atoms. The summed E-state index contributed by atoms with van der Waals surface area (Å²) in [4.78, 5) is 11.9. The largest absolute Gasteiger partial charge is 0.416 e. The Morgan fingerprint density at radius 2 is 1.50 bits per heavy atom. The van der Waals surface area contributed by atoms with Crippen molar-refractivity contribution < 1.29 is 13.2 Å². The zero-order valence-electron chi connectivity index (χ0n) is 18.0. The average Bonchev–Trinajstić information content (AvgIpc) is 3.29. The maximum Gasteiger partial charge on any atom is 0.416 e. The lowest BCUT2D eigenvalue weighted by Crippen LogP contribution is -2.26. The first-order chi connectivity index (χ1) is 16.3. The fraction of sp³-hybridized carbons (Fsp3) is 0.192. The monoisotopic (exact) mass is 459 g/mol. The molecule has 0 unspecified atom stereocenters. The Morgan fingerprint density at radius 3 is 2.06 bits per heavy atom. The normalized spacial score (nSPS) is 16.1. The number of anilines is 1. The molecule has 2 N–H and O–H groups in total. The molecule has 1 aromatic heterocycles. The van der Waals surface area contributed by atoms with Crippen molar-refractivity contribution in [2.45, 2.75) is 18.6 Å². The first-order valence-electron chi connectivity index (χ1n) is 10.8. The summed E-state index contributed by atoms with van der Waals surface area (Å²) < 4.78 is 39.2. The van der Waals surface area contributed by atoms with Gasteiger partial charge in [0.1, 0.15) is 0 Å². The lowest BCUT2D eigenvalue weighted by Gasteiger charge is -2.19. The maximum absolute atomic E-state index is 13.1. The lowest BCUT2D eigenvalue weighted by atomic mass is 10.0. The van der Waals surface area contributed by atoms with Crippen LogP contribution in [-0.4, -0.2) is 29.1 Å². The minimum atomic E-state index is -4.42. The number of hydrogen-bond acceptors (Lipinski definition) is 5. The van der Waals surface area contributed by atoms with Gasteiger partial charge >= 0.3 is 6.18 Å². The molecule has 3 aromatic carbocycles. The van der Waals surface area contributed by atoms with Gasteiger partial charge < -0.3 is 10.6 Å². The molecule has 1 saturated heterocycles. The van der Waals surface area contributed by atoms with Gasteiger partial charge in [-0.1, -0.05) is 24.3 Å². The third-order valence-corrected chi connectivity index (χ3v) is 6.01. The van der Waals surface area contributed by atoms with Gasteiger partial charge in [-0.05, 0) is 48.9 Å². The molecular formula is C26H20F3N5. The van der Waals surface area contributed by atoms with Crippen molar-refractivity contribution in [3.05, 3.63) is 77.9 Å². The molecule has 8 heteroatoms.